The molecule has 2 atom stereocenters. The van der Waals surface area contributed by atoms with Crippen LogP contribution in [0.4, 0.5) is 9.59 Å². The Balaban J connectivity index is 1.92. The molecule has 18 heavy (non-hydrogen) atoms. The van der Waals surface area contributed by atoms with Gasteiger partial charge in [0.1, 0.15) is 25.4 Å². The molecule has 2 saturated heterocycles. The van der Waals surface area contributed by atoms with Crippen LogP contribution in [0.1, 0.15) is 0 Å². The van der Waals surface area contributed by atoms with E-state index >= 15 is 0 Å². The Morgan fingerprint density at radius 1 is 1.28 bits per heavy atom. The summed E-state index contributed by atoms with van der Waals surface area (Å²) in [6.45, 7) is -0.852. The molecule has 10 heteroatoms. The fourth-order valence-electron chi connectivity index (χ4n) is 1.75. The van der Waals surface area contributed by atoms with Crippen LogP contribution in [0.25, 0.3) is 0 Å². The zero-order chi connectivity index (χ0) is 13.3. The highest BCUT2D eigenvalue weighted by Gasteiger charge is 2.45. The second kappa shape index (κ2) is 4.39. The maximum atomic E-state index is 11.5. The van der Waals surface area contributed by atoms with Crippen LogP contribution in [-0.2, 0) is 9.59 Å². The van der Waals surface area contributed by atoms with Crippen molar-refractivity contribution >= 4 is 23.9 Å². The van der Waals surface area contributed by atoms with Crippen LogP contribution in [0, 0.1) is 0 Å². The van der Waals surface area contributed by atoms with Gasteiger partial charge in [-0.05, 0) is 0 Å². The Morgan fingerprint density at radius 3 is 2.67 bits per heavy atom. The fourth-order valence-corrected chi connectivity index (χ4v) is 1.75. The van der Waals surface area contributed by atoms with Gasteiger partial charge in [0.2, 0.25) is 5.91 Å². The quantitative estimate of drug-likeness (QED) is 0.369. The van der Waals surface area contributed by atoms with Gasteiger partial charge in [-0.2, -0.15) is 0 Å². The minimum atomic E-state index is -1.18. The molecular weight excluding hydrogens is 246 g/mol. The molecule has 2 aliphatic rings. The summed E-state index contributed by atoms with van der Waals surface area (Å²) in [5.74, 6) is -1.79. The molecule has 2 fully saturated rings. The maximum Gasteiger partial charge on any atom is 0.322 e. The SMILES string of the molecule is O=C(O)CNC(=O)CN1C(=O)N[C@H]2NC(=O)N[C@@H]21. The molecule has 0 aromatic rings. The lowest BCUT2D eigenvalue weighted by Crippen LogP contribution is -2.48. The predicted octanol–water partition coefficient (Wildman–Crippen LogP) is -2.82. The number of rotatable bonds is 4. The van der Waals surface area contributed by atoms with Gasteiger partial charge < -0.3 is 26.4 Å². The van der Waals surface area contributed by atoms with Gasteiger partial charge in [-0.15, -0.1) is 0 Å². The van der Waals surface area contributed by atoms with E-state index in [1.807, 2.05) is 0 Å². The van der Waals surface area contributed by atoms with Gasteiger partial charge in [0, 0.05) is 0 Å². The summed E-state index contributed by atoms with van der Waals surface area (Å²) in [7, 11) is 0. The van der Waals surface area contributed by atoms with Crippen molar-refractivity contribution in [2.24, 2.45) is 0 Å². The van der Waals surface area contributed by atoms with Crippen molar-refractivity contribution in [1.82, 2.24) is 26.2 Å². The molecule has 0 bridgehead atoms. The molecule has 0 radical (unpaired) electrons. The van der Waals surface area contributed by atoms with Crippen LogP contribution < -0.4 is 21.3 Å². The number of aliphatic carboxylic acids is 1. The van der Waals surface area contributed by atoms with Gasteiger partial charge in [-0.1, -0.05) is 0 Å². The molecule has 0 aliphatic carbocycles. The van der Waals surface area contributed by atoms with Gasteiger partial charge in [0.05, 0.1) is 0 Å². The zero-order valence-electron chi connectivity index (χ0n) is 9.10. The Labute approximate surface area is 101 Å². The molecular formula is C8H11N5O5. The number of amides is 5. The predicted molar refractivity (Wildman–Crippen MR) is 55.1 cm³/mol. The minimum Gasteiger partial charge on any atom is -0.480 e. The number of urea groups is 2. The molecule has 5 N–H and O–H groups in total. The fraction of sp³-hybridized carbons (Fsp3) is 0.500. The van der Waals surface area contributed by atoms with E-state index in [1.165, 1.54) is 0 Å². The number of carboxylic acids is 1. The first-order chi connectivity index (χ1) is 8.47. The summed E-state index contributed by atoms with van der Waals surface area (Å²) in [4.78, 5) is 45.3. The van der Waals surface area contributed by atoms with Gasteiger partial charge in [-0.25, -0.2) is 9.59 Å². The Morgan fingerprint density at radius 2 is 2.00 bits per heavy atom. The van der Waals surface area contributed by atoms with Crippen LogP contribution >= 0.6 is 0 Å². The first-order valence-corrected chi connectivity index (χ1v) is 5.10. The number of carboxylic acid groups (broad SMARTS) is 1. The van der Waals surface area contributed by atoms with Gasteiger partial charge in [-0.3, -0.25) is 14.5 Å². The number of nitrogens with one attached hydrogen (secondary N) is 4. The lowest BCUT2D eigenvalue weighted by atomic mass is 10.4. The van der Waals surface area contributed by atoms with Gasteiger partial charge in [0.25, 0.3) is 0 Å². The summed E-state index contributed by atoms with van der Waals surface area (Å²) in [5.41, 5.74) is 0. The van der Waals surface area contributed by atoms with E-state index in [1.54, 1.807) is 0 Å². The number of nitrogens with zero attached hydrogens (tertiary/aromatic N) is 1. The maximum absolute atomic E-state index is 11.5. The second-order valence-corrected chi connectivity index (χ2v) is 3.79. The van der Waals surface area contributed by atoms with Gasteiger partial charge >= 0.3 is 18.0 Å². The molecule has 0 unspecified atom stereocenters. The van der Waals surface area contributed by atoms with E-state index in [4.69, 9.17) is 5.11 Å². The minimum absolute atomic E-state index is 0.331. The van der Waals surface area contributed by atoms with Crippen LogP contribution in [0.15, 0.2) is 0 Å². The molecule has 2 heterocycles. The number of carbonyl (C=O) groups is 4. The van der Waals surface area contributed by atoms with Crippen LogP contribution in [0.3, 0.4) is 0 Å². The highest BCUT2D eigenvalue weighted by molar-refractivity contribution is 5.89. The Kier molecular flexibility index (Phi) is 2.92. The van der Waals surface area contributed by atoms with Crippen molar-refractivity contribution in [3.8, 4) is 0 Å². The molecule has 2 aliphatic heterocycles. The van der Waals surface area contributed by atoms with Gasteiger partial charge in [0.15, 0.2) is 0 Å². The van der Waals surface area contributed by atoms with E-state index in [-0.39, 0.29) is 6.54 Å². The second-order valence-electron chi connectivity index (χ2n) is 3.79. The first-order valence-electron chi connectivity index (χ1n) is 5.10. The van der Waals surface area contributed by atoms with Crippen molar-refractivity contribution in [2.75, 3.05) is 13.1 Å². The number of fused-ring (bicyclic) bond motifs is 1. The number of carbonyl (C=O) groups excluding carboxylic acids is 3. The molecule has 0 aromatic carbocycles. The number of hydrogen-bond donors (Lipinski definition) is 5. The largest absolute Gasteiger partial charge is 0.480 e. The highest BCUT2D eigenvalue weighted by Crippen LogP contribution is 2.12. The molecule has 2 rings (SSSR count). The molecule has 5 amide bonds. The summed E-state index contributed by atoms with van der Waals surface area (Å²) in [6, 6.07) is -0.955. The summed E-state index contributed by atoms with van der Waals surface area (Å²) in [6.07, 6.45) is -1.24. The van der Waals surface area contributed by atoms with Crippen molar-refractivity contribution in [1.29, 1.82) is 0 Å². The standard InChI is InChI=1S/C8H11N5O5/c14-3(9-1-4(15)16)2-13-6-5(11-8(13)18)10-7(17)12-6/h5-6H,1-2H2,(H,9,14)(H,11,18)(H,15,16)(H2,10,12,17)/t5-,6-/m1/s1. The average Bonchev–Trinajstić information content (AvgIpc) is 2.74. The van der Waals surface area contributed by atoms with Crippen molar-refractivity contribution in [3.05, 3.63) is 0 Å². The van der Waals surface area contributed by atoms with E-state index in [0.717, 1.165) is 4.90 Å². The molecule has 0 saturated carbocycles. The summed E-state index contributed by atoms with van der Waals surface area (Å²) < 4.78 is 0. The first kappa shape index (κ1) is 12.0. The number of hydrogen-bond acceptors (Lipinski definition) is 4. The normalized spacial score (nSPS) is 25.0. The van der Waals surface area contributed by atoms with E-state index < -0.39 is 42.8 Å². The van der Waals surface area contributed by atoms with Crippen LogP contribution in [-0.4, -0.2) is 59.4 Å². The molecule has 0 aromatic heterocycles. The van der Waals surface area contributed by atoms with E-state index in [2.05, 4.69) is 21.3 Å². The highest BCUT2D eigenvalue weighted by atomic mass is 16.4. The summed E-state index contributed by atoms with van der Waals surface area (Å²) >= 11 is 0. The molecule has 98 valence electrons. The smallest absolute Gasteiger partial charge is 0.322 e. The third-order valence-electron chi connectivity index (χ3n) is 2.51. The monoisotopic (exact) mass is 257 g/mol. The van der Waals surface area contributed by atoms with Crippen molar-refractivity contribution < 1.29 is 24.3 Å². The van der Waals surface area contributed by atoms with Crippen molar-refractivity contribution in [3.63, 3.8) is 0 Å². The Bertz CT molecular complexity index is 424. The van der Waals surface area contributed by atoms with E-state index in [9.17, 15) is 19.2 Å². The average molecular weight is 257 g/mol. The lowest BCUT2D eigenvalue weighted by molar-refractivity contribution is -0.138. The van der Waals surface area contributed by atoms with Crippen LogP contribution in [0.2, 0.25) is 0 Å². The molecule has 10 nitrogen and oxygen atoms in total. The van der Waals surface area contributed by atoms with Crippen LogP contribution in [0.5, 0.6) is 0 Å². The third-order valence-corrected chi connectivity index (χ3v) is 2.51. The summed E-state index contributed by atoms with van der Waals surface area (Å²) in [5, 5.41) is 17.9. The molecule has 0 spiro atoms. The lowest BCUT2D eigenvalue weighted by Gasteiger charge is -2.20. The van der Waals surface area contributed by atoms with Crippen molar-refractivity contribution in [2.45, 2.75) is 12.3 Å². The zero-order valence-corrected chi connectivity index (χ0v) is 9.10. The van der Waals surface area contributed by atoms with E-state index in [0.29, 0.717) is 0 Å². The topological polar surface area (TPSA) is 140 Å². The third kappa shape index (κ3) is 2.26. The Hall–Kier alpha value is -2.52.